The molecule has 0 atom stereocenters. The minimum atomic E-state index is -0.308. The Morgan fingerprint density at radius 3 is 2.68 bits per heavy atom. The van der Waals surface area contributed by atoms with Crippen LogP contribution in [0.25, 0.3) is 11.4 Å². The van der Waals surface area contributed by atoms with Gasteiger partial charge in [-0.05, 0) is 31.5 Å². The van der Waals surface area contributed by atoms with Crippen molar-refractivity contribution < 1.29 is 4.39 Å². The minimum absolute atomic E-state index is 0.308. The number of aryl methyl sites for hydroxylation is 1. The first-order valence-electron chi connectivity index (χ1n) is 6.14. The van der Waals surface area contributed by atoms with Gasteiger partial charge in [0.1, 0.15) is 11.6 Å². The average molecular weight is 324 g/mol. The maximum absolute atomic E-state index is 13.4. The standard InChI is InChI=1S/C14H15BrFN3/c1-3-4-17-13-5-9(2)18-14(19-13)10-6-11(15)8-12(16)7-10/h5-8H,3-4H2,1-2H3,(H,17,18,19). The predicted molar refractivity (Wildman–Crippen MR) is 78.6 cm³/mol. The van der Waals surface area contributed by atoms with E-state index in [1.807, 2.05) is 13.0 Å². The first-order chi connectivity index (χ1) is 9.08. The second-order valence-corrected chi connectivity index (χ2v) is 5.22. The van der Waals surface area contributed by atoms with Crippen molar-refractivity contribution in [1.29, 1.82) is 0 Å². The summed E-state index contributed by atoms with van der Waals surface area (Å²) in [5, 5.41) is 3.22. The second kappa shape index (κ2) is 6.10. The topological polar surface area (TPSA) is 37.8 Å². The zero-order valence-corrected chi connectivity index (χ0v) is 12.5. The van der Waals surface area contributed by atoms with E-state index in [1.54, 1.807) is 6.07 Å². The van der Waals surface area contributed by atoms with Crippen molar-refractivity contribution >= 4 is 21.7 Å². The largest absolute Gasteiger partial charge is 0.370 e. The van der Waals surface area contributed by atoms with Gasteiger partial charge in [-0.2, -0.15) is 0 Å². The molecule has 2 rings (SSSR count). The van der Waals surface area contributed by atoms with Gasteiger partial charge in [-0.3, -0.25) is 0 Å². The van der Waals surface area contributed by atoms with Crippen LogP contribution in [0, 0.1) is 12.7 Å². The van der Waals surface area contributed by atoms with Gasteiger partial charge in [-0.25, -0.2) is 14.4 Å². The van der Waals surface area contributed by atoms with E-state index in [1.165, 1.54) is 12.1 Å². The highest BCUT2D eigenvalue weighted by Gasteiger charge is 2.07. The van der Waals surface area contributed by atoms with Crippen molar-refractivity contribution in [3.05, 3.63) is 40.2 Å². The van der Waals surface area contributed by atoms with Crippen molar-refractivity contribution in [3.63, 3.8) is 0 Å². The third-order valence-corrected chi connectivity index (χ3v) is 2.99. The Morgan fingerprint density at radius 2 is 2.00 bits per heavy atom. The van der Waals surface area contributed by atoms with E-state index in [0.29, 0.717) is 15.9 Å². The fourth-order valence-corrected chi connectivity index (χ4v) is 2.19. The summed E-state index contributed by atoms with van der Waals surface area (Å²) in [4.78, 5) is 8.77. The van der Waals surface area contributed by atoms with Crippen LogP contribution in [0.1, 0.15) is 19.0 Å². The number of nitrogens with one attached hydrogen (secondary N) is 1. The van der Waals surface area contributed by atoms with E-state index in [0.717, 1.165) is 24.5 Å². The molecular weight excluding hydrogens is 309 g/mol. The highest BCUT2D eigenvalue weighted by atomic mass is 79.9. The quantitative estimate of drug-likeness (QED) is 0.917. The molecule has 0 radical (unpaired) electrons. The lowest BCUT2D eigenvalue weighted by Gasteiger charge is -2.08. The Morgan fingerprint density at radius 1 is 1.21 bits per heavy atom. The van der Waals surface area contributed by atoms with E-state index in [-0.39, 0.29) is 5.82 Å². The number of halogens is 2. The average Bonchev–Trinajstić information content (AvgIpc) is 2.34. The number of anilines is 1. The Balaban J connectivity index is 2.40. The van der Waals surface area contributed by atoms with Gasteiger partial charge in [0.05, 0.1) is 0 Å². The number of hydrogen-bond acceptors (Lipinski definition) is 3. The highest BCUT2D eigenvalue weighted by Crippen LogP contribution is 2.23. The normalized spacial score (nSPS) is 10.5. The molecule has 0 bridgehead atoms. The monoisotopic (exact) mass is 323 g/mol. The summed E-state index contributed by atoms with van der Waals surface area (Å²) in [5.41, 5.74) is 1.51. The van der Waals surface area contributed by atoms with Crippen molar-refractivity contribution in [2.24, 2.45) is 0 Å². The maximum Gasteiger partial charge on any atom is 0.161 e. The molecule has 1 aromatic heterocycles. The van der Waals surface area contributed by atoms with E-state index in [4.69, 9.17) is 0 Å². The summed E-state index contributed by atoms with van der Waals surface area (Å²) in [6.45, 7) is 4.84. The number of rotatable bonds is 4. The van der Waals surface area contributed by atoms with Crippen LogP contribution in [0.15, 0.2) is 28.7 Å². The number of hydrogen-bond donors (Lipinski definition) is 1. The van der Waals surface area contributed by atoms with Gasteiger partial charge in [0.2, 0.25) is 0 Å². The highest BCUT2D eigenvalue weighted by molar-refractivity contribution is 9.10. The molecule has 100 valence electrons. The van der Waals surface area contributed by atoms with Gasteiger partial charge >= 0.3 is 0 Å². The SMILES string of the molecule is CCCNc1cc(C)nc(-c2cc(F)cc(Br)c2)n1. The number of nitrogens with zero attached hydrogens (tertiary/aromatic N) is 2. The molecule has 1 heterocycles. The van der Waals surface area contributed by atoms with Gasteiger partial charge in [-0.15, -0.1) is 0 Å². The molecule has 0 amide bonds. The molecule has 0 aliphatic rings. The Hall–Kier alpha value is -1.49. The summed E-state index contributed by atoms with van der Waals surface area (Å²) >= 11 is 3.28. The third kappa shape index (κ3) is 3.73. The van der Waals surface area contributed by atoms with Crippen molar-refractivity contribution in [2.75, 3.05) is 11.9 Å². The first-order valence-corrected chi connectivity index (χ1v) is 6.94. The van der Waals surface area contributed by atoms with Crippen molar-refractivity contribution in [2.45, 2.75) is 20.3 Å². The predicted octanol–water partition coefficient (Wildman–Crippen LogP) is 4.18. The zero-order chi connectivity index (χ0) is 13.8. The molecular formula is C14H15BrFN3. The lowest BCUT2D eigenvalue weighted by Crippen LogP contribution is -2.04. The van der Waals surface area contributed by atoms with Crippen LogP contribution in [0.2, 0.25) is 0 Å². The summed E-state index contributed by atoms with van der Waals surface area (Å²) in [6.07, 6.45) is 1.02. The molecule has 0 unspecified atom stereocenters. The molecule has 3 nitrogen and oxygen atoms in total. The lowest BCUT2D eigenvalue weighted by molar-refractivity contribution is 0.627. The van der Waals surface area contributed by atoms with E-state index in [2.05, 4.69) is 38.1 Å². The molecule has 1 aromatic carbocycles. The summed E-state index contributed by atoms with van der Waals surface area (Å²) in [7, 11) is 0. The molecule has 0 saturated carbocycles. The fourth-order valence-electron chi connectivity index (χ4n) is 1.72. The maximum atomic E-state index is 13.4. The van der Waals surface area contributed by atoms with E-state index in [9.17, 15) is 4.39 Å². The third-order valence-electron chi connectivity index (χ3n) is 2.53. The van der Waals surface area contributed by atoms with Crippen LogP contribution in [-0.4, -0.2) is 16.5 Å². The van der Waals surface area contributed by atoms with Crippen molar-refractivity contribution in [3.8, 4) is 11.4 Å². The molecule has 0 aliphatic carbocycles. The van der Waals surface area contributed by atoms with Crippen LogP contribution in [-0.2, 0) is 0 Å². The van der Waals surface area contributed by atoms with E-state index < -0.39 is 0 Å². The Labute approximate surface area is 120 Å². The summed E-state index contributed by atoms with van der Waals surface area (Å²) in [6, 6.07) is 6.54. The van der Waals surface area contributed by atoms with E-state index >= 15 is 0 Å². The molecule has 0 spiro atoms. The first kappa shape index (κ1) is 13.9. The van der Waals surface area contributed by atoms with Gasteiger partial charge in [0, 0.05) is 28.3 Å². The number of benzene rings is 1. The Kier molecular flexibility index (Phi) is 4.47. The lowest BCUT2D eigenvalue weighted by atomic mass is 10.2. The Bertz CT molecular complexity index is 567. The summed E-state index contributed by atoms with van der Waals surface area (Å²) in [5.74, 6) is 0.987. The molecule has 0 saturated heterocycles. The molecule has 0 fully saturated rings. The van der Waals surface area contributed by atoms with Gasteiger partial charge in [0.25, 0.3) is 0 Å². The molecule has 19 heavy (non-hydrogen) atoms. The van der Waals surface area contributed by atoms with Crippen molar-refractivity contribution in [1.82, 2.24) is 9.97 Å². The van der Waals surface area contributed by atoms with Gasteiger partial charge < -0.3 is 5.32 Å². The second-order valence-electron chi connectivity index (χ2n) is 4.30. The fraction of sp³-hybridized carbons (Fsp3) is 0.286. The molecule has 1 N–H and O–H groups in total. The summed E-state index contributed by atoms with van der Waals surface area (Å²) < 4.78 is 14.1. The van der Waals surface area contributed by atoms with Crippen LogP contribution in [0.5, 0.6) is 0 Å². The van der Waals surface area contributed by atoms with Gasteiger partial charge in [0.15, 0.2) is 5.82 Å². The van der Waals surface area contributed by atoms with Crippen LogP contribution < -0.4 is 5.32 Å². The molecule has 0 aliphatic heterocycles. The van der Waals surface area contributed by atoms with Crippen LogP contribution >= 0.6 is 15.9 Å². The molecule has 2 aromatic rings. The molecule has 5 heteroatoms. The van der Waals surface area contributed by atoms with Crippen LogP contribution in [0.4, 0.5) is 10.2 Å². The van der Waals surface area contributed by atoms with Gasteiger partial charge in [-0.1, -0.05) is 22.9 Å². The minimum Gasteiger partial charge on any atom is -0.370 e. The number of aromatic nitrogens is 2. The van der Waals surface area contributed by atoms with Crippen LogP contribution in [0.3, 0.4) is 0 Å². The smallest absolute Gasteiger partial charge is 0.161 e. The zero-order valence-electron chi connectivity index (χ0n) is 10.9.